The second-order valence-corrected chi connectivity index (χ2v) is 2.01. The molecule has 0 aliphatic heterocycles. The van der Waals surface area contributed by atoms with Crippen molar-refractivity contribution < 1.29 is 41.5 Å². The first-order chi connectivity index (χ1) is 4.45. The number of Topliss-reactive ketones (excluding diaryl/α,β-unsaturated/α-hetero) is 2. The van der Waals surface area contributed by atoms with E-state index in [1.807, 2.05) is 0 Å². The number of ketones is 2. The summed E-state index contributed by atoms with van der Waals surface area (Å²) >= 11 is 0. The summed E-state index contributed by atoms with van der Waals surface area (Å²) in [7, 11) is 0. The first kappa shape index (κ1) is 13.6. The van der Waals surface area contributed by atoms with Crippen LogP contribution in [0.2, 0.25) is 0 Å². The van der Waals surface area contributed by atoms with Gasteiger partial charge in [-0.1, -0.05) is 0 Å². The maximum Gasteiger partial charge on any atom is 0.209 e. The molecule has 0 aromatic heterocycles. The minimum Gasteiger partial charge on any atom is -0.386 e. The fraction of sp³-hybridized carbons (Fsp3) is 0.500. The summed E-state index contributed by atoms with van der Waals surface area (Å²) < 4.78 is 0. The second kappa shape index (κ2) is 4.77. The van der Waals surface area contributed by atoms with Crippen molar-refractivity contribution >= 4 is 11.6 Å². The Kier molecular flexibility index (Phi) is 5.88. The molecule has 0 aliphatic rings. The zero-order valence-corrected chi connectivity index (χ0v) is 7.85. The van der Waals surface area contributed by atoms with Gasteiger partial charge in [0.15, 0.2) is 11.6 Å². The molecule has 0 unspecified atom stereocenters. The van der Waals surface area contributed by atoms with Crippen LogP contribution in [0.5, 0.6) is 0 Å². The van der Waals surface area contributed by atoms with Crippen molar-refractivity contribution in [3.8, 4) is 0 Å². The number of hydrogen-bond donors (Lipinski definition) is 2. The molecule has 0 fully saturated rings. The van der Waals surface area contributed by atoms with E-state index in [0.717, 1.165) is 13.8 Å². The third kappa shape index (κ3) is 2.83. The van der Waals surface area contributed by atoms with Crippen LogP contribution in [-0.2, 0) is 31.3 Å². The minimum atomic E-state index is -2.31. The van der Waals surface area contributed by atoms with Crippen LogP contribution < -0.4 is 0 Å². The van der Waals surface area contributed by atoms with Crippen LogP contribution in [0.15, 0.2) is 0 Å². The first-order valence-corrected chi connectivity index (χ1v) is 2.68. The monoisotopic (exact) mass is 193 g/mol. The van der Waals surface area contributed by atoms with Gasteiger partial charge in [0.25, 0.3) is 0 Å². The van der Waals surface area contributed by atoms with Crippen molar-refractivity contribution in [3.05, 3.63) is 6.61 Å². The molecule has 0 atom stereocenters. The van der Waals surface area contributed by atoms with E-state index in [2.05, 4.69) is 0 Å². The molecule has 0 bridgehead atoms. The van der Waals surface area contributed by atoms with Crippen LogP contribution in [-0.4, -0.2) is 27.4 Å². The predicted molar refractivity (Wildman–Crippen MR) is 32.5 cm³/mol. The zero-order valence-electron chi connectivity index (χ0n) is 6.29. The van der Waals surface area contributed by atoms with Gasteiger partial charge in [-0.05, 0) is 13.8 Å². The van der Waals surface area contributed by atoms with Gasteiger partial charge in [-0.15, -0.1) is 0 Å². The smallest absolute Gasteiger partial charge is 0.209 e. The Balaban J connectivity index is 0. The van der Waals surface area contributed by atoms with Gasteiger partial charge >= 0.3 is 0 Å². The van der Waals surface area contributed by atoms with Crippen molar-refractivity contribution in [1.29, 1.82) is 0 Å². The van der Waals surface area contributed by atoms with Crippen molar-refractivity contribution in [3.63, 3.8) is 0 Å². The Morgan fingerprint density at radius 3 is 1.55 bits per heavy atom. The normalized spacial score (nSPS) is 10.2. The second-order valence-electron chi connectivity index (χ2n) is 2.01. The first-order valence-electron chi connectivity index (χ1n) is 2.68. The third-order valence-corrected chi connectivity index (χ3v) is 1.26. The van der Waals surface area contributed by atoms with E-state index in [0.29, 0.717) is 0 Å². The van der Waals surface area contributed by atoms with E-state index in [-0.39, 0.29) is 28.3 Å². The SMILES string of the molecule is CC(=O)C(O)([CH]O)C(C)=O.[Ti]. The van der Waals surface area contributed by atoms with Gasteiger partial charge < -0.3 is 10.2 Å². The van der Waals surface area contributed by atoms with Gasteiger partial charge in [0.2, 0.25) is 5.60 Å². The molecule has 0 aromatic carbocycles. The van der Waals surface area contributed by atoms with Crippen LogP contribution in [0, 0.1) is 6.61 Å². The van der Waals surface area contributed by atoms with E-state index in [4.69, 9.17) is 10.2 Å². The Hall–Kier alpha value is -0.0257. The molecule has 1 radical (unpaired) electrons. The third-order valence-electron chi connectivity index (χ3n) is 1.26. The van der Waals surface area contributed by atoms with Crippen molar-refractivity contribution in [2.75, 3.05) is 0 Å². The van der Waals surface area contributed by atoms with Crippen molar-refractivity contribution in [2.45, 2.75) is 19.4 Å². The summed E-state index contributed by atoms with van der Waals surface area (Å²) in [5.41, 5.74) is -2.31. The van der Waals surface area contributed by atoms with Crippen LogP contribution >= 0.6 is 0 Å². The number of carbonyl (C=O) groups is 2. The van der Waals surface area contributed by atoms with Gasteiger partial charge in [0.1, 0.15) is 6.61 Å². The van der Waals surface area contributed by atoms with Crippen molar-refractivity contribution in [1.82, 2.24) is 0 Å². The number of hydrogen-bond acceptors (Lipinski definition) is 4. The van der Waals surface area contributed by atoms with Crippen LogP contribution in [0.25, 0.3) is 0 Å². The Morgan fingerprint density at radius 1 is 1.27 bits per heavy atom. The fourth-order valence-electron chi connectivity index (χ4n) is 0.430. The molecule has 0 saturated carbocycles. The summed E-state index contributed by atoms with van der Waals surface area (Å²) in [6, 6.07) is 0. The van der Waals surface area contributed by atoms with Crippen LogP contribution in [0.3, 0.4) is 0 Å². The number of carbonyl (C=O) groups excluding carboxylic acids is 2. The summed E-state index contributed by atoms with van der Waals surface area (Å²) in [6.45, 7) is 2.24. The molecule has 5 heteroatoms. The predicted octanol–water partition coefficient (Wildman–Crippen LogP) is -0.573. The largest absolute Gasteiger partial charge is 0.386 e. The molecule has 0 aliphatic carbocycles. The molecule has 0 aromatic rings. The molecule has 0 rings (SSSR count). The summed E-state index contributed by atoms with van der Waals surface area (Å²) in [6.07, 6.45) is 0. The number of rotatable bonds is 3. The number of aliphatic hydroxyl groups excluding tert-OH is 1. The maximum absolute atomic E-state index is 10.5. The molecule has 0 heterocycles. The summed E-state index contributed by atoms with van der Waals surface area (Å²) in [5.74, 6) is -1.58. The van der Waals surface area contributed by atoms with Gasteiger partial charge in [-0.25, -0.2) is 0 Å². The van der Waals surface area contributed by atoms with Gasteiger partial charge in [-0.2, -0.15) is 0 Å². The van der Waals surface area contributed by atoms with E-state index in [1.165, 1.54) is 0 Å². The maximum atomic E-state index is 10.5. The van der Waals surface area contributed by atoms with E-state index >= 15 is 0 Å². The quantitative estimate of drug-likeness (QED) is 0.464. The molecule has 0 amide bonds. The molecule has 0 spiro atoms. The van der Waals surface area contributed by atoms with E-state index < -0.39 is 17.2 Å². The Bertz CT molecular complexity index is 152. The van der Waals surface area contributed by atoms with Gasteiger partial charge in [0.05, 0.1) is 0 Å². The summed E-state index contributed by atoms with van der Waals surface area (Å²) in [5, 5.41) is 17.3. The molecule has 0 saturated heterocycles. The molecule has 2 N–H and O–H groups in total. The van der Waals surface area contributed by atoms with E-state index in [1.54, 1.807) is 0 Å². The minimum absolute atomic E-state index is 0. The van der Waals surface area contributed by atoms with Crippen LogP contribution in [0.4, 0.5) is 0 Å². The Morgan fingerprint density at radius 2 is 1.55 bits per heavy atom. The average Bonchev–Trinajstić information content (AvgIpc) is 1.85. The average molecular weight is 193 g/mol. The van der Waals surface area contributed by atoms with Gasteiger partial charge in [0, 0.05) is 21.7 Å². The fourth-order valence-corrected chi connectivity index (χ4v) is 0.430. The standard InChI is InChI=1S/C6H9O4.Ti/c1-4(8)6(10,3-7)5(2)9;/h3,7,10H,1-2H3;. The molecule has 61 valence electrons. The van der Waals surface area contributed by atoms with Crippen LogP contribution in [0.1, 0.15) is 13.8 Å². The summed E-state index contributed by atoms with van der Waals surface area (Å²) in [4.78, 5) is 21.0. The topological polar surface area (TPSA) is 74.6 Å². The Labute approximate surface area is 79.5 Å². The zero-order chi connectivity index (χ0) is 8.36. The number of aliphatic hydroxyl groups is 2. The molecular weight excluding hydrogens is 184 g/mol. The van der Waals surface area contributed by atoms with Gasteiger partial charge in [-0.3, -0.25) is 9.59 Å². The molecule has 4 nitrogen and oxygen atoms in total. The van der Waals surface area contributed by atoms with E-state index in [9.17, 15) is 9.59 Å². The van der Waals surface area contributed by atoms with Crippen molar-refractivity contribution in [2.24, 2.45) is 0 Å². The molecular formula is C6H9O4Ti. The molecule has 11 heavy (non-hydrogen) atoms.